The Morgan fingerprint density at radius 1 is 0.974 bits per heavy atom. The number of nitrogens with one attached hydrogen (secondary N) is 2. The van der Waals surface area contributed by atoms with E-state index in [9.17, 15) is 27.2 Å². The number of anilines is 1. The van der Waals surface area contributed by atoms with Crippen LogP contribution >= 0.6 is 35.0 Å². The number of benzene rings is 3. The maximum Gasteiger partial charge on any atom is 0.416 e. The average molecular weight is 598 g/mol. The van der Waals surface area contributed by atoms with Gasteiger partial charge in [-0.25, -0.2) is 4.39 Å². The van der Waals surface area contributed by atoms with Crippen LogP contribution in [0.25, 0.3) is 5.69 Å². The van der Waals surface area contributed by atoms with E-state index < -0.39 is 29.4 Å². The first-order valence-corrected chi connectivity index (χ1v) is 12.8. The highest BCUT2D eigenvalue weighted by Gasteiger charge is 2.31. The number of carbonyl (C=O) groups excluding carboxylic acids is 2. The molecule has 0 saturated carbocycles. The van der Waals surface area contributed by atoms with Gasteiger partial charge in [-0.05, 0) is 48.5 Å². The lowest BCUT2D eigenvalue weighted by molar-refractivity contribution is -0.137. The summed E-state index contributed by atoms with van der Waals surface area (Å²) in [6.45, 7) is -0.140. The molecule has 39 heavy (non-hydrogen) atoms. The summed E-state index contributed by atoms with van der Waals surface area (Å²) in [5.74, 6) is -2.00. The summed E-state index contributed by atoms with van der Waals surface area (Å²) in [6.07, 6.45) is -4.61. The smallest absolute Gasteiger partial charge is 0.345 e. The molecule has 0 atom stereocenters. The van der Waals surface area contributed by atoms with Crippen molar-refractivity contribution in [2.45, 2.75) is 17.9 Å². The molecule has 0 aliphatic carbocycles. The highest BCUT2D eigenvalue weighted by Crippen LogP contribution is 2.34. The van der Waals surface area contributed by atoms with Gasteiger partial charge in [0.25, 0.3) is 5.91 Å². The summed E-state index contributed by atoms with van der Waals surface area (Å²) in [7, 11) is 0. The van der Waals surface area contributed by atoms with E-state index in [0.29, 0.717) is 10.7 Å². The van der Waals surface area contributed by atoms with E-state index in [1.807, 2.05) is 0 Å². The van der Waals surface area contributed by atoms with E-state index in [4.69, 9.17) is 23.2 Å². The van der Waals surface area contributed by atoms with E-state index in [1.54, 1.807) is 28.8 Å². The van der Waals surface area contributed by atoms with Crippen LogP contribution in [0, 0.1) is 5.82 Å². The average Bonchev–Trinajstić information content (AvgIpc) is 3.30. The molecule has 14 heteroatoms. The molecule has 0 aliphatic heterocycles. The number of hydrogen-bond acceptors (Lipinski definition) is 5. The number of amides is 2. The summed E-state index contributed by atoms with van der Waals surface area (Å²) in [4.78, 5) is 25.0. The lowest BCUT2D eigenvalue weighted by Gasteiger charge is -2.13. The lowest BCUT2D eigenvalue weighted by atomic mass is 10.2. The zero-order valence-electron chi connectivity index (χ0n) is 19.6. The first kappa shape index (κ1) is 28.4. The fraction of sp³-hybridized carbons (Fsp3) is 0.120. The molecule has 3 aromatic carbocycles. The molecule has 0 fully saturated rings. The summed E-state index contributed by atoms with van der Waals surface area (Å²) in [5, 5.41) is 13.7. The van der Waals surface area contributed by atoms with Crippen molar-refractivity contribution in [3.8, 4) is 5.69 Å². The van der Waals surface area contributed by atoms with Crippen molar-refractivity contribution >= 4 is 52.5 Å². The Balaban J connectivity index is 1.52. The van der Waals surface area contributed by atoms with Crippen molar-refractivity contribution < 1.29 is 27.2 Å². The van der Waals surface area contributed by atoms with Crippen LogP contribution in [-0.4, -0.2) is 32.3 Å². The van der Waals surface area contributed by atoms with Crippen LogP contribution in [0.2, 0.25) is 10.0 Å². The topological polar surface area (TPSA) is 88.9 Å². The molecule has 0 radical (unpaired) electrons. The molecule has 4 rings (SSSR count). The fourth-order valence-corrected chi connectivity index (χ4v) is 4.52. The van der Waals surface area contributed by atoms with Crippen molar-refractivity contribution in [2.75, 3.05) is 11.1 Å². The standard InChI is InChI=1S/C25H17Cl2F4N5O2S/c26-15-4-3-5-16(11-15)36-21(12-32-23(38)17-6-1-2-7-19(17)28)34-35-24(36)39-13-22(37)33-20-10-14(25(29,30)31)8-9-18(20)27/h1-11H,12-13H2,(H,32,38)(H,33,37). The molecule has 1 aromatic heterocycles. The molecular weight excluding hydrogens is 581 g/mol. The molecule has 2 N–H and O–H groups in total. The Bertz CT molecular complexity index is 1530. The van der Waals surface area contributed by atoms with Gasteiger partial charge in [-0.3, -0.25) is 14.2 Å². The van der Waals surface area contributed by atoms with E-state index in [1.165, 1.54) is 18.2 Å². The SMILES string of the molecule is O=C(CSc1nnc(CNC(=O)c2ccccc2F)n1-c1cccc(Cl)c1)Nc1cc(C(F)(F)F)ccc1Cl. The van der Waals surface area contributed by atoms with Crippen molar-refractivity contribution in [3.63, 3.8) is 0 Å². The molecule has 2 amide bonds. The Labute approximate surface area is 233 Å². The van der Waals surface area contributed by atoms with Gasteiger partial charge in [0.15, 0.2) is 11.0 Å². The predicted octanol–water partition coefficient (Wildman–Crippen LogP) is 6.39. The number of aromatic nitrogens is 3. The second-order valence-corrected chi connectivity index (χ2v) is 9.69. The number of rotatable bonds is 8. The Morgan fingerprint density at radius 2 is 1.74 bits per heavy atom. The maximum atomic E-state index is 14.0. The monoisotopic (exact) mass is 597 g/mol. The third-order valence-electron chi connectivity index (χ3n) is 5.19. The number of hydrogen-bond donors (Lipinski definition) is 2. The van der Waals surface area contributed by atoms with Gasteiger partial charge in [0.05, 0.1) is 39.8 Å². The van der Waals surface area contributed by atoms with Crippen LogP contribution < -0.4 is 10.6 Å². The highest BCUT2D eigenvalue weighted by atomic mass is 35.5. The van der Waals surface area contributed by atoms with Crippen LogP contribution in [0.1, 0.15) is 21.7 Å². The minimum Gasteiger partial charge on any atom is -0.345 e. The van der Waals surface area contributed by atoms with Gasteiger partial charge in [0.1, 0.15) is 5.82 Å². The lowest BCUT2D eigenvalue weighted by Crippen LogP contribution is -2.25. The number of alkyl halides is 3. The largest absolute Gasteiger partial charge is 0.416 e. The Morgan fingerprint density at radius 3 is 2.46 bits per heavy atom. The van der Waals surface area contributed by atoms with Gasteiger partial charge in [0, 0.05) is 5.02 Å². The van der Waals surface area contributed by atoms with Gasteiger partial charge in [-0.15, -0.1) is 10.2 Å². The molecule has 0 aliphatic rings. The second kappa shape index (κ2) is 12.1. The predicted molar refractivity (Wildman–Crippen MR) is 140 cm³/mol. The molecule has 7 nitrogen and oxygen atoms in total. The molecule has 0 unspecified atom stereocenters. The zero-order valence-corrected chi connectivity index (χ0v) is 21.9. The van der Waals surface area contributed by atoms with E-state index >= 15 is 0 Å². The highest BCUT2D eigenvalue weighted by molar-refractivity contribution is 7.99. The van der Waals surface area contributed by atoms with E-state index in [-0.39, 0.29) is 39.6 Å². The third-order valence-corrected chi connectivity index (χ3v) is 6.69. The summed E-state index contributed by atoms with van der Waals surface area (Å²) < 4.78 is 54.6. The van der Waals surface area contributed by atoms with Gasteiger partial charge in [-0.2, -0.15) is 13.2 Å². The third kappa shape index (κ3) is 7.08. The number of carbonyl (C=O) groups is 2. The summed E-state index contributed by atoms with van der Waals surface area (Å²) in [5.41, 5.74) is -0.778. The van der Waals surface area contributed by atoms with E-state index in [2.05, 4.69) is 20.8 Å². The van der Waals surface area contributed by atoms with Gasteiger partial charge in [0.2, 0.25) is 5.91 Å². The number of thioether (sulfide) groups is 1. The van der Waals surface area contributed by atoms with Crippen LogP contribution in [0.15, 0.2) is 71.9 Å². The van der Waals surface area contributed by atoms with Crippen molar-refractivity contribution in [3.05, 3.63) is 99.5 Å². The van der Waals surface area contributed by atoms with E-state index in [0.717, 1.165) is 36.0 Å². The fourth-order valence-electron chi connectivity index (χ4n) is 3.40. The Hall–Kier alpha value is -3.61. The van der Waals surface area contributed by atoms with Gasteiger partial charge >= 0.3 is 6.18 Å². The molecule has 4 aromatic rings. The molecule has 0 bridgehead atoms. The first-order chi connectivity index (χ1) is 18.5. The first-order valence-electron chi connectivity index (χ1n) is 11.1. The molecular formula is C25H17Cl2F4N5O2S. The molecule has 0 saturated heterocycles. The minimum atomic E-state index is -4.61. The summed E-state index contributed by atoms with van der Waals surface area (Å²) >= 11 is 13.0. The molecule has 1 heterocycles. The molecule has 0 spiro atoms. The number of halogens is 6. The van der Waals surface area contributed by atoms with Crippen molar-refractivity contribution in [1.29, 1.82) is 0 Å². The van der Waals surface area contributed by atoms with Crippen LogP contribution in [-0.2, 0) is 17.5 Å². The normalized spacial score (nSPS) is 11.3. The maximum absolute atomic E-state index is 14.0. The van der Waals surface area contributed by atoms with Gasteiger partial charge < -0.3 is 10.6 Å². The molecule has 202 valence electrons. The van der Waals surface area contributed by atoms with Crippen molar-refractivity contribution in [2.24, 2.45) is 0 Å². The van der Waals surface area contributed by atoms with Crippen LogP contribution in [0.4, 0.5) is 23.2 Å². The number of nitrogens with zero attached hydrogens (tertiary/aromatic N) is 3. The minimum absolute atomic E-state index is 0.0590. The second-order valence-electron chi connectivity index (χ2n) is 7.91. The van der Waals surface area contributed by atoms with Crippen molar-refractivity contribution in [1.82, 2.24) is 20.1 Å². The van der Waals surface area contributed by atoms with Gasteiger partial charge in [-0.1, -0.05) is 53.2 Å². The van der Waals surface area contributed by atoms with Crippen LogP contribution in [0.3, 0.4) is 0 Å². The Kier molecular flexibility index (Phi) is 8.78. The van der Waals surface area contributed by atoms with Crippen LogP contribution in [0.5, 0.6) is 0 Å². The quantitative estimate of drug-likeness (QED) is 0.181. The summed E-state index contributed by atoms with van der Waals surface area (Å²) in [6, 6.07) is 14.7. The zero-order chi connectivity index (χ0) is 28.2.